The van der Waals surface area contributed by atoms with Crippen LogP contribution in [0.4, 0.5) is 5.13 Å². The normalized spacial score (nSPS) is 21.5. The SMILES string of the molecule is CC(C)[N+]1(Cc2ccc(C=CC3=C(C(=O)O)N4C(=O)[C@@H](CC(=O)/C(=N\OC(C)(C)C(=O)O)c5csc(N)n5)[C@H]4SC3)cc2)CCc2cc(O)c(O)cc2C1. The minimum Gasteiger partial charge on any atom is -0.504 e. The summed E-state index contributed by atoms with van der Waals surface area (Å²) in [5.74, 6) is -4.47. The number of phenolic OH excluding ortho intramolecular Hbond substituents is 2. The van der Waals surface area contributed by atoms with E-state index in [1.54, 1.807) is 18.2 Å². The van der Waals surface area contributed by atoms with Crippen molar-refractivity contribution in [1.29, 1.82) is 0 Å². The minimum absolute atomic E-state index is 0.0801. The zero-order valence-corrected chi connectivity index (χ0v) is 31.8. The van der Waals surface area contributed by atoms with E-state index in [1.165, 1.54) is 35.9 Å². The first-order valence-electron chi connectivity index (χ1n) is 17.3. The number of amides is 1. The average molecular weight is 777 g/mol. The second-order valence-corrected chi connectivity index (χ2v) is 16.5. The molecule has 1 fully saturated rings. The summed E-state index contributed by atoms with van der Waals surface area (Å²) in [4.78, 5) is 61.5. The van der Waals surface area contributed by atoms with E-state index >= 15 is 0 Å². The van der Waals surface area contributed by atoms with Crippen LogP contribution in [0.2, 0.25) is 0 Å². The first-order chi connectivity index (χ1) is 25.5. The van der Waals surface area contributed by atoms with Gasteiger partial charge in [0, 0.05) is 35.1 Å². The lowest BCUT2D eigenvalue weighted by Crippen LogP contribution is -2.62. The van der Waals surface area contributed by atoms with Gasteiger partial charge in [0.25, 0.3) is 0 Å². The highest BCUT2D eigenvalue weighted by Crippen LogP contribution is 2.46. The standard InChI is InChI=1S/C38H41N5O9S2/c1-20(2)43(12-11-23-13-28(44)29(45)14-25(23)17-43)16-22-7-5-21(6-8-22)9-10-24-18-53-34-26(33(47)42(34)32(24)35(48)49)15-30(46)31(27-19-54-37(39)40-27)41-52-38(3,4)36(50)51/h5-10,13-14,19-20,26,34H,11-12,15-18H2,1-4H3,(H5-,39,40,41,44,45,46,48,49,50,51)/p+1/t26-,34-,43?/m1/s1. The highest BCUT2D eigenvalue weighted by Gasteiger charge is 2.54. The van der Waals surface area contributed by atoms with Crippen LogP contribution in [0.5, 0.6) is 11.5 Å². The molecule has 0 saturated carbocycles. The summed E-state index contributed by atoms with van der Waals surface area (Å²) in [5.41, 5.74) is 8.19. The Labute approximate surface area is 319 Å². The number of phenols is 2. The maximum absolute atomic E-state index is 13.5. The molecule has 0 spiro atoms. The lowest BCUT2D eigenvalue weighted by atomic mass is 9.89. The molecular formula is C38H42N5O9S2+. The van der Waals surface area contributed by atoms with Gasteiger partial charge in [-0.3, -0.25) is 14.5 Å². The van der Waals surface area contributed by atoms with E-state index in [1.807, 2.05) is 18.2 Å². The number of benzene rings is 2. The number of thiazole rings is 1. The third kappa shape index (κ3) is 7.58. The predicted octanol–water partition coefficient (Wildman–Crippen LogP) is 4.74. The molecule has 1 unspecified atom stereocenters. The number of ketones is 1. The van der Waals surface area contributed by atoms with Crippen molar-refractivity contribution in [1.82, 2.24) is 9.88 Å². The third-order valence-corrected chi connectivity index (χ3v) is 12.3. The number of aromatic nitrogens is 1. The maximum atomic E-state index is 13.5. The van der Waals surface area contributed by atoms with Crippen molar-refractivity contribution in [3.63, 3.8) is 0 Å². The van der Waals surface area contributed by atoms with Crippen LogP contribution in [-0.4, -0.2) is 93.4 Å². The number of nitrogens with zero attached hydrogens (tertiary/aromatic N) is 4. The summed E-state index contributed by atoms with van der Waals surface area (Å²) in [6.45, 7) is 9.31. The molecule has 16 heteroatoms. The average Bonchev–Trinajstić information content (AvgIpc) is 3.55. The molecule has 2 aromatic carbocycles. The molecule has 0 radical (unpaired) electrons. The van der Waals surface area contributed by atoms with E-state index in [4.69, 9.17) is 10.6 Å². The van der Waals surface area contributed by atoms with Crippen molar-refractivity contribution in [2.75, 3.05) is 18.0 Å². The number of nitrogen functional groups attached to an aromatic ring is 1. The van der Waals surface area contributed by atoms with Crippen molar-refractivity contribution < 1.29 is 48.9 Å². The number of carboxylic acid groups (broad SMARTS) is 2. The quantitative estimate of drug-likeness (QED) is 0.0524. The van der Waals surface area contributed by atoms with Gasteiger partial charge in [0.2, 0.25) is 11.5 Å². The molecule has 0 aliphatic carbocycles. The number of aromatic hydroxyl groups is 2. The summed E-state index contributed by atoms with van der Waals surface area (Å²) in [5, 5.41) is 44.6. The lowest BCUT2D eigenvalue weighted by Gasteiger charge is -2.49. The predicted molar refractivity (Wildman–Crippen MR) is 203 cm³/mol. The second kappa shape index (κ2) is 14.9. The van der Waals surface area contributed by atoms with E-state index in [9.17, 15) is 39.6 Å². The molecule has 284 valence electrons. The Kier molecular flexibility index (Phi) is 10.6. The van der Waals surface area contributed by atoms with Crippen LogP contribution in [0.3, 0.4) is 0 Å². The number of rotatable bonds is 13. The fourth-order valence-electron chi connectivity index (χ4n) is 6.90. The van der Waals surface area contributed by atoms with Crippen LogP contribution < -0.4 is 5.73 Å². The molecule has 3 aliphatic heterocycles. The van der Waals surface area contributed by atoms with Gasteiger partial charge in [-0.15, -0.1) is 23.1 Å². The van der Waals surface area contributed by atoms with Crippen LogP contribution in [0.25, 0.3) is 6.08 Å². The molecule has 1 amide bonds. The van der Waals surface area contributed by atoms with Gasteiger partial charge in [0.1, 0.15) is 24.5 Å². The van der Waals surface area contributed by atoms with Gasteiger partial charge in [-0.1, -0.05) is 41.6 Å². The van der Waals surface area contributed by atoms with Gasteiger partial charge >= 0.3 is 11.9 Å². The Morgan fingerprint density at radius 3 is 2.41 bits per heavy atom. The van der Waals surface area contributed by atoms with Gasteiger partial charge in [0.15, 0.2) is 28.1 Å². The van der Waals surface area contributed by atoms with Gasteiger partial charge in [-0.2, -0.15) is 0 Å². The van der Waals surface area contributed by atoms with E-state index in [0.29, 0.717) is 11.6 Å². The minimum atomic E-state index is -1.75. The summed E-state index contributed by atoms with van der Waals surface area (Å²) in [6, 6.07) is 11.7. The fourth-order valence-corrected chi connectivity index (χ4v) is 8.83. The Bertz CT molecular complexity index is 2110. The second-order valence-electron chi connectivity index (χ2n) is 14.5. The Hall–Kier alpha value is -5.19. The molecule has 3 atom stereocenters. The number of hydrogen-bond acceptors (Lipinski definition) is 12. The molecule has 6 N–H and O–H groups in total. The molecule has 3 aromatic rings. The molecule has 1 aromatic heterocycles. The number of Topliss-reactive ketones (excluding diaryl/α,β-unsaturated/α-hetero) is 1. The number of fused-ring (bicyclic) bond motifs is 2. The van der Waals surface area contributed by atoms with E-state index < -0.39 is 40.5 Å². The van der Waals surface area contributed by atoms with Gasteiger partial charge in [-0.05, 0) is 56.5 Å². The summed E-state index contributed by atoms with van der Waals surface area (Å²) in [7, 11) is 0. The first-order valence-corrected chi connectivity index (χ1v) is 19.2. The number of β-lactam (4-membered cyclic amide) rings is 1. The third-order valence-electron chi connectivity index (χ3n) is 10.3. The monoisotopic (exact) mass is 776 g/mol. The molecule has 0 bridgehead atoms. The Balaban J connectivity index is 1.15. The summed E-state index contributed by atoms with van der Waals surface area (Å²) in [6.07, 6.45) is 3.99. The zero-order chi connectivity index (χ0) is 39.1. The molecule has 1 saturated heterocycles. The van der Waals surface area contributed by atoms with Crippen molar-refractivity contribution in [2.24, 2.45) is 11.1 Å². The molecule has 6 rings (SSSR count). The Morgan fingerprint density at radius 1 is 1.11 bits per heavy atom. The molecule has 14 nitrogen and oxygen atoms in total. The van der Waals surface area contributed by atoms with Crippen LogP contribution in [0.15, 0.2) is 64.3 Å². The number of thioether (sulfide) groups is 1. The van der Waals surface area contributed by atoms with Crippen LogP contribution >= 0.6 is 23.1 Å². The first kappa shape index (κ1) is 38.5. The van der Waals surface area contributed by atoms with E-state index in [-0.39, 0.29) is 45.9 Å². The summed E-state index contributed by atoms with van der Waals surface area (Å²) < 4.78 is 0.792. The number of nitrogens with two attached hydrogens (primary N) is 1. The largest absolute Gasteiger partial charge is 0.504 e. The van der Waals surface area contributed by atoms with Crippen molar-refractivity contribution in [3.05, 3.63) is 87.1 Å². The number of oxime groups is 1. The molecule has 4 heterocycles. The van der Waals surface area contributed by atoms with Crippen LogP contribution in [0, 0.1) is 5.92 Å². The van der Waals surface area contributed by atoms with Crippen molar-refractivity contribution in [2.45, 2.75) is 70.6 Å². The number of allylic oxidation sites excluding steroid dienone is 1. The molecular weight excluding hydrogens is 735 g/mol. The van der Waals surface area contributed by atoms with Gasteiger partial charge in [-0.25, -0.2) is 14.6 Å². The zero-order valence-electron chi connectivity index (χ0n) is 30.2. The number of carboxylic acids is 2. The number of carbonyl (C=O) groups is 4. The van der Waals surface area contributed by atoms with Crippen molar-refractivity contribution >= 4 is 63.6 Å². The van der Waals surface area contributed by atoms with E-state index in [0.717, 1.165) is 64.1 Å². The van der Waals surface area contributed by atoms with Crippen LogP contribution in [-0.2, 0) is 43.5 Å². The smallest absolute Gasteiger partial charge is 0.352 e. The van der Waals surface area contributed by atoms with Gasteiger partial charge in [0.05, 0.1) is 23.9 Å². The molecule has 54 heavy (non-hydrogen) atoms. The highest BCUT2D eigenvalue weighted by atomic mass is 32.2. The number of hydrogen-bond donors (Lipinski definition) is 5. The number of anilines is 1. The maximum Gasteiger partial charge on any atom is 0.352 e. The Morgan fingerprint density at radius 2 is 1.80 bits per heavy atom. The molecule has 3 aliphatic rings. The number of carbonyl (C=O) groups excluding carboxylic acids is 2. The number of quaternary nitrogens is 1. The van der Waals surface area contributed by atoms with E-state index in [2.05, 4.69) is 36.1 Å². The summed E-state index contributed by atoms with van der Waals surface area (Å²) >= 11 is 2.40. The lowest BCUT2D eigenvalue weighted by molar-refractivity contribution is -0.974. The fraction of sp³-hybridized carbons (Fsp3) is 0.368. The number of aliphatic carboxylic acids is 2. The van der Waals surface area contributed by atoms with Gasteiger partial charge < -0.3 is 35.5 Å². The van der Waals surface area contributed by atoms with Crippen LogP contribution in [0.1, 0.15) is 62.1 Å². The topological polar surface area (TPSA) is 213 Å². The highest BCUT2D eigenvalue weighted by molar-refractivity contribution is 8.00. The van der Waals surface area contributed by atoms with Crippen molar-refractivity contribution in [3.8, 4) is 11.5 Å².